The predicted molar refractivity (Wildman–Crippen MR) is 108 cm³/mol. The van der Waals surface area contributed by atoms with Crippen molar-refractivity contribution in [2.75, 3.05) is 19.9 Å². The molecule has 0 N–H and O–H groups in total. The average Bonchev–Trinajstić information content (AvgIpc) is 3.18. The van der Waals surface area contributed by atoms with Crippen molar-refractivity contribution in [1.82, 2.24) is 9.88 Å². The molecular weight excluding hydrogens is 360 g/mol. The normalized spacial score (nSPS) is 10.6. The van der Waals surface area contributed by atoms with Crippen molar-refractivity contribution in [2.45, 2.75) is 12.3 Å². The summed E-state index contributed by atoms with van der Waals surface area (Å²) in [5.74, 6) is 2.54. The molecule has 1 heterocycles. The van der Waals surface area contributed by atoms with Gasteiger partial charge in [0, 0.05) is 24.9 Å². The summed E-state index contributed by atoms with van der Waals surface area (Å²) in [7, 11) is 3.45. The van der Waals surface area contributed by atoms with E-state index < -0.39 is 0 Å². The van der Waals surface area contributed by atoms with Gasteiger partial charge in [-0.2, -0.15) is 0 Å². The fourth-order valence-electron chi connectivity index (χ4n) is 2.53. The fourth-order valence-corrected chi connectivity index (χ4v) is 3.37. The van der Waals surface area contributed by atoms with Gasteiger partial charge in [0.15, 0.2) is 0 Å². The molecule has 27 heavy (non-hydrogen) atoms. The van der Waals surface area contributed by atoms with Gasteiger partial charge in [-0.05, 0) is 29.8 Å². The third-order valence-corrected chi connectivity index (χ3v) is 5.00. The molecule has 0 saturated heterocycles. The van der Waals surface area contributed by atoms with Crippen LogP contribution in [0.1, 0.15) is 11.3 Å². The molecule has 140 valence electrons. The maximum atomic E-state index is 12.3. The molecule has 2 aromatic carbocycles. The van der Waals surface area contributed by atoms with Crippen molar-refractivity contribution >= 4 is 17.7 Å². The Morgan fingerprint density at radius 3 is 2.59 bits per heavy atom. The van der Waals surface area contributed by atoms with Gasteiger partial charge in [-0.25, -0.2) is 4.98 Å². The van der Waals surface area contributed by atoms with Crippen LogP contribution >= 0.6 is 11.8 Å². The number of aromatic nitrogens is 1. The Labute approximate surface area is 163 Å². The molecule has 0 unspecified atom stereocenters. The molecule has 0 radical (unpaired) electrons. The van der Waals surface area contributed by atoms with Crippen molar-refractivity contribution < 1.29 is 13.9 Å². The number of carbonyl (C=O) groups excluding carboxylic acids is 1. The number of oxazole rings is 1. The summed E-state index contributed by atoms with van der Waals surface area (Å²) < 4.78 is 10.7. The number of methoxy groups -OCH3 is 1. The molecule has 1 amide bonds. The van der Waals surface area contributed by atoms with E-state index in [0.29, 0.717) is 23.9 Å². The van der Waals surface area contributed by atoms with Gasteiger partial charge >= 0.3 is 0 Å². The second kappa shape index (κ2) is 9.28. The van der Waals surface area contributed by atoms with Gasteiger partial charge in [0.1, 0.15) is 12.0 Å². The maximum Gasteiger partial charge on any atom is 0.232 e. The van der Waals surface area contributed by atoms with E-state index in [1.165, 1.54) is 11.8 Å². The van der Waals surface area contributed by atoms with E-state index in [1.54, 1.807) is 18.3 Å². The summed E-state index contributed by atoms with van der Waals surface area (Å²) in [6.07, 6.45) is 1.65. The van der Waals surface area contributed by atoms with Gasteiger partial charge in [0.05, 0.1) is 18.6 Å². The largest absolute Gasteiger partial charge is 0.497 e. The first-order valence-corrected chi connectivity index (χ1v) is 9.75. The van der Waals surface area contributed by atoms with Crippen molar-refractivity contribution in [1.29, 1.82) is 0 Å². The lowest BCUT2D eigenvalue weighted by atomic mass is 10.2. The topological polar surface area (TPSA) is 55.6 Å². The van der Waals surface area contributed by atoms with Gasteiger partial charge < -0.3 is 14.1 Å². The highest BCUT2D eigenvalue weighted by molar-refractivity contribution is 7.99. The van der Waals surface area contributed by atoms with Crippen LogP contribution in [0.4, 0.5) is 0 Å². The summed E-state index contributed by atoms with van der Waals surface area (Å²) in [5, 5.41) is 0. The van der Waals surface area contributed by atoms with Crippen LogP contribution in [0.5, 0.6) is 5.75 Å². The molecular formula is C21H22N2O3S. The van der Waals surface area contributed by atoms with Gasteiger partial charge in [0.2, 0.25) is 11.8 Å². The highest BCUT2D eigenvalue weighted by Crippen LogP contribution is 2.20. The lowest BCUT2D eigenvalue weighted by Crippen LogP contribution is -2.27. The summed E-state index contributed by atoms with van der Waals surface area (Å²) in [5.41, 5.74) is 2.86. The van der Waals surface area contributed by atoms with E-state index in [-0.39, 0.29) is 5.91 Å². The first kappa shape index (κ1) is 19.0. The zero-order chi connectivity index (χ0) is 19.1. The number of nitrogens with zero attached hydrogens (tertiary/aromatic N) is 2. The third kappa shape index (κ3) is 5.37. The van der Waals surface area contributed by atoms with Crippen LogP contribution in [0.25, 0.3) is 11.5 Å². The summed E-state index contributed by atoms with van der Waals surface area (Å²) in [4.78, 5) is 18.5. The molecule has 0 spiro atoms. The van der Waals surface area contributed by atoms with Crippen molar-refractivity contribution in [3.8, 4) is 17.2 Å². The summed E-state index contributed by atoms with van der Waals surface area (Å²) >= 11 is 1.53. The van der Waals surface area contributed by atoms with Crippen LogP contribution in [-0.4, -0.2) is 35.7 Å². The van der Waals surface area contributed by atoms with Crippen LogP contribution in [0, 0.1) is 0 Å². The minimum atomic E-state index is 0.0857. The molecule has 0 aliphatic heterocycles. The lowest BCUT2D eigenvalue weighted by Gasteiger charge is -2.17. The Hall–Kier alpha value is -2.73. The second-order valence-corrected chi connectivity index (χ2v) is 7.09. The quantitative estimate of drug-likeness (QED) is 0.583. The number of thioether (sulfide) groups is 1. The Morgan fingerprint density at radius 2 is 1.89 bits per heavy atom. The number of rotatable bonds is 8. The molecule has 3 aromatic rings. The molecule has 6 heteroatoms. The summed E-state index contributed by atoms with van der Waals surface area (Å²) in [6, 6.07) is 17.5. The van der Waals surface area contributed by atoms with Gasteiger partial charge in [-0.15, -0.1) is 11.8 Å². The highest BCUT2D eigenvalue weighted by Gasteiger charge is 2.11. The van der Waals surface area contributed by atoms with Gasteiger partial charge in [-0.1, -0.05) is 30.3 Å². The monoisotopic (exact) mass is 382 g/mol. The van der Waals surface area contributed by atoms with Gasteiger partial charge in [-0.3, -0.25) is 4.79 Å². The van der Waals surface area contributed by atoms with Crippen LogP contribution in [0.3, 0.4) is 0 Å². The van der Waals surface area contributed by atoms with E-state index in [0.717, 1.165) is 22.6 Å². The standard InChI is InChI=1S/C21H22N2O3S/c1-23(12-16-8-10-19(25-2)11-9-16)20(24)15-27-14-18-13-26-21(22-18)17-6-4-3-5-7-17/h3-11,13H,12,14-15H2,1-2H3. The van der Waals surface area contributed by atoms with Crippen LogP contribution < -0.4 is 4.74 Å². The Morgan fingerprint density at radius 1 is 1.15 bits per heavy atom. The Kier molecular flexibility index (Phi) is 6.54. The first-order chi connectivity index (χ1) is 13.2. The number of hydrogen-bond acceptors (Lipinski definition) is 5. The highest BCUT2D eigenvalue weighted by atomic mass is 32.2. The van der Waals surface area contributed by atoms with Crippen molar-refractivity contribution in [2.24, 2.45) is 0 Å². The maximum absolute atomic E-state index is 12.3. The molecule has 0 fully saturated rings. The number of benzene rings is 2. The smallest absolute Gasteiger partial charge is 0.232 e. The zero-order valence-electron chi connectivity index (χ0n) is 15.4. The van der Waals surface area contributed by atoms with E-state index in [1.807, 2.05) is 61.6 Å². The molecule has 1 aromatic heterocycles. The van der Waals surface area contributed by atoms with E-state index in [4.69, 9.17) is 9.15 Å². The minimum Gasteiger partial charge on any atom is -0.497 e. The van der Waals surface area contributed by atoms with Gasteiger partial charge in [0.25, 0.3) is 0 Å². The van der Waals surface area contributed by atoms with E-state index in [9.17, 15) is 4.79 Å². The van der Waals surface area contributed by atoms with Crippen LogP contribution in [0.15, 0.2) is 65.3 Å². The molecule has 0 aliphatic rings. The number of carbonyl (C=O) groups is 1. The fraction of sp³-hybridized carbons (Fsp3) is 0.238. The predicted octanol–water partition coefficient (Wildman–Crippen LogP) is 4.24. The Balaban J connectivity index is 1.45. The van der Waals surface area contributed by atoms with E-state index >= 15 is 0 Å². The number of ether oxygens (including phenoxy) is 1. The molecule has 3 rings (SSSR count). The second-order valence-electron chi connectivity index (χ2n) is 6.10. The summed E-state index contributed by atoms with van der Waals surface area (Å²) in [6.45, 7) is 0.575. The van der Waals surface area contributed by atoms with Crippen molar-refractivity contribution in [3.05, 3.63) is 72.1 Å². The molecule has 0 saturated carbocycles. The average molecular weight is 382 g/mol. The third-order valence-electron chi connectivity index (χ3n) is 4.05. The Bertz CT molecular complexity index is 863. The molecule has 0 bridgehead atoms. The lowest BCUT2D eigenvalue weighted by molar-refractivity contribution is -0.127. The first-order valence-electron chi connectivity index (χ1n) is 8.60. The number of hydrogen-bond donors (Lipinski definition) is 0. The zero-order valence-corrected chi connectivity index (χ0v) is 16.2. The van der Waals surface area contributed by atoms with Crippen LogP contribution in [0.2, 0.25) is 0 Å². The van der Waals surface area contributed by atoms with Crippen molar-refractivity contribution in [3.63, 3.8) is 0 Å². The molecule has 5 nitrogen and oxygen atoms in total. The molecule has 0 aliphatic carbocycles. The number of amides is 1. The van der Waals surface area contributed by atoms with Crippen LogP contribution in [-0.2, 0) is 17.1 Å². The SMILES string of the molecule is COc1ccc(CN(C)C(=O)CSCc2coc(-c3ccccc3)n2)cc1. The molecule has 0 atom stereocenters. The van der Waals surface area contributed by atoms with E-state index in [2.05, 4.69) is 4.98 Å². The minimum absolute atomic E-state index is 0.0857.